The van der Waals surface area contributed by atoms with Gasteiger partial charge in [-0.15, -0.1) is 11.3 Å². The van der Waals surface area contributed by atoms with Crippen molar-refractivity contribution in [3.63, 3.8) is 0 Å². The third-order valence-electron chi connectivity index (χ3n) is 5.58. The standard InChI is InChI=1S/C24H24N4O3S/c1-14(29)22-19-12-26-27-23(19)16(11-25-22)13-28(2)24(30)15-5-8-18(21-4-3-9-32-21)20(10-15)31-17-6-7-17/h3-5,8-12,14,17,29H,6-7,13H2,1-2H3,(H,26,27). The van der Waals surface area contributed by atoms with Crippen molar-refractivity contribution in [2.75, 3.05) is 7.05 Å². The Labute approximate surface area is 189 Å². The number of nitrogens with one attached hydrogen (secondary N) is 1. The molecule has 7 nitrogen and oxygen atoms in total. The van der Waals surface area contributed by atoms with Gasteiger partial charge in [0.2, 0.25) is 0 Å². The maximum atomic E-state index is 13.2. The molecule has 8 heteroatoms. The van der Waals surface area contributed by atoms with E-state index >= 15 is 0 Å². The molecule has 5 rings (SSSR count). The first-order valence-corrected chi connectivity index (χ1v) is 11.5. The fourth-order valence-electron chi connectivity index (χ4n) is 3.76. The van der Waals surface area contributed by atoms with Gasteiger partial charge in [0, 0.05) is 46.7 Å². The third-order valence-corrected chi connectivity index (χ3v) is 6.48. The first-order chi connectivity index (χ1) is 15.5. The zero-order chi connectivity index (χ0) is 22.2. The van der Waals surface area contributed by atoms with Crippen LogP contribution in [0.15, 0.2) is 48.1 Å². The van der Waals surface area contributed by atoms with Crippen LogP contribution in [0, 0.1) is 0 Å². The highest BCUT2D eigenvalue weighted by Crippen LogP contribution is 2.38. The zero-order valence-electron chi connectivity index (χ0n) is 17.9. The van der Waals surface area contributed by atoms with E-state index in [1.54, 1.807) is 42.6 Å². The molecule has 1 aromatic carbocycles. The molecule has 164 valence electrons. The number of aliphatic hydroxyl groups excluding tert-OH is 1. The van der Waals surface area contributed by atoms with Crippen LogP contribution in [0.1, 0.15) is 47.5 Å². The summed E-state index contributed by atoms with van der Waals surface area (Å²) in [6, 6.07) is 9.76. The largest absolute Gasteiger partial charge is 0.490 e. The number of benzene rings is 1. The summed E-state index contributed by atoms with van der Waals surface area (Å²) in [7, 11) is 1.77. The molecule has 3 heterocycles. The predicted molar refractivity (Wildman–Crippen MR) is 124 cm³/mol. The molecular weight excluding hydrogens is 424 g/mol. The average molecular weight is 449 g/mol. The lowest BCUT2D eigenvalue weighted by molar-refractivity contribution is 0.0785. The molecule has 0 aliphatic heterocycles. The van der Waals surface area contributed by atoms with Crippen molar-refractivity contribution in [2.45, 2.75) is 38.5 Å². The molecule has 0 saturated heterocycles. The van der Waals surface area contributed by atoms with Crippen LogP contribution in [0.4, 0.5) is 0 Å². The number of carbonyl (C=O) groups is 1. The first kappa shape index (κ1) is 20.7. The summed E-state index contributed by atoms with van der Waals surface area (Å²) < 4.78 is 6.14. The maximum Gasteiger partial charge on any atom is 0.254 e. The van der Waals surface area contributed by atoms with Crippen molar-refractivity contribution in [2.24, 2.45) is 0 Å². The summed E-state index contributed by atoms with van der Waals surface area (Å²) >= 11 is 1.66. The monoisotopic (exact) mass is 448 g/mol. The number of H-pyrrole nitrogens is 1. The number of thiophene rings is 1. The predicted octanol–water partition coefficient (Wildman–Crippen LogP) is 4.55. The van der Waals surface area contributed by atoms with Crippen LogP contribution in [0.2, 0.25) is 0 Å². The van der Waals surface area contributed by atoms with Gasteiger partial charge in [-0.3, -0.25) is 14.9 Å². The Balaban J connectivity index is 1.41. The quantitative estimate of drug-likeness (QED) is 0.433. The fourth-order valence-corrected chi connectivity index (χ4v) is 4.52. The number of rotatable bonds is 7. The molecule has 3 aromatic heterocycles. The lowest BCUT2D eigenvalue weighted by atomic mass is 10.1. The summed E-state index contributed by atoms with van der Waals surface area (Å²) in [5, 5.41) is 19.8. The van der Waals surface area contributed by atoms with Crippen molar-refractivity contribution >= 4 is 28.1 Å². The average Bonchev–Trinajstić information content (AvgIpc) is 3.24. The van der Waals surface area contributed by atoms with E-state index in [0.717, 1.165) is 45.5 Å². The van der Waals surface area contributed by atoms with Crippen molar-refractivity contribution in [3.8, 4) is 16.2 Å². The molecular formula is C24H24N4O3S. The minimum Gasteiger partial charge on any atom is -0.490 e. The number of ether oxygens (including phenoxy) is 1. The second-order valence-corrected chi connectivity index (χ2v) is 9.12. The summed E-state index contributed by atoms with van der Waals surface area (Å²) in [6.45, 7) is 2.03. The Bertz CT molecular complexity index is 1260. The number of hydrogen-bond acceptors (Lipinski definition) is 6. The molecule has 1 atom stereocenters. The minimum absolute atomic E-state index is 0.101. The summed E-state index contributed by atoms with van der Waals surface area (Å²) in [5.74, 6) is 0.656. The number of aromatic nitrogens is 3. The number of carbonyl (C=O) groups excluding carboxylic acids is 1. The van der Waals surface area contributed by atoms with E-state index < -0.39 is 6.10 Å². The Hall–Kier alpha value is -3.23. The topological polar surface area (TPSA) is 91.3 Å². The second-order valence-electron chi connectivity index (χ2n) is 8.17. The van der Waals surface area contributed by atoms with Crippen molar-refractivity contribution in [1.82, 2.24) is 20.1 Å². The molecule has 1 amide bonds. The third kappa shape index (κ3) is 3.99. The lowest BCUT2D eigenvalue weighted by Crippen LogP contribution is -2.26. The smallest absolute Gasteiger partial charge is 0.254 e. The van der Waals surface area contributed by atoms with Gasteiger partial charge in [0.05, 0.1) is 29.6 Å². The number of amides is 1. The Morgan fingerprint density at radius 3 is 2.91 bits per heavy atom. The number of hydrogen-bond donors (Lipinski definition) is 2. The van der Waals surface area contributed by atoms with Crippen LogP contribution in [-0.2, 0) is 6.54 Å². The van der Waals surface area contributed by atoms with Crippen LogP contribution in [0.5, 0.6) is 5.75 Å². The van der Waals surface area contributed by atoms with Gasteiger partial charge in [-0.25, -0.2) is 0 Å². The number of fused-ring (bicyclic) bond motifs is 1. The van der Waals surface area contributed by atoms with Gasteiger partial charge in [-0.2, -0.15) is 5.10 Å². The van der Waals surface area contributed by atoms with Gasteiger partial charge < -0.3 is 14.7 Å². The van der Waals surface area contributed by atoms with Crippen molar-refractivity contribution < 1.29 is 14.6 Å². The van der Waals surface area contributed by atoms with E-state index in [0.29, 0.717) is 17.8 Å². The number of nitrogens with zero attached hydrogens (tertiary/aromatic N) is 3. The lowest BCUT2D eigenvalue weighted by Gasteiger charge is -2.19. The molecule has 1 unspecified atom stereocenters. The molecule has 0 bridgehead atoms. The highest BCUT2D eigenvalue weighted by molar-refractivity contribution is 7.13. The van der Waals surface area contributed by atoms with E-state index in [4.69, 9.17) is 4.74 Å². The minimum atomic E-state index is -0.699. The van der Waals surface area contributed by atoms with Crippen LogP contribution in [0.25, 0.3) is 21.3 Å². The number of aromatic amines is 1. The molecule has 1 aliphatic rings. The number of pyridine rings is 1. The summed E-state index contributed by atoms with van der Waals surface area (Å²) in [6.07, 6.45) is 4.99. The molecule has 0 spiro atoms. The van der Waals surface area contributed by atoms with Gasteiger partial charge in [-0.05, 0) is 49.4 Å². The van der Waals surface area contributed by atoms with Gasteiger partial charge in [0.1, 0.15) is 5.75 Å². The van der Waals surface area contributed by atoms with Crippen molar-refractivity contribution in [3.05, 3.63) is 64.9 Å². The van der Waals surface area contributed by atoms with Crippen LogP contribution >= 0.6 is 11.3 Å². The molecule has 32 heavy (non-hydrogen) atoms. The number of aliphatic hydroxyl groups is 1. The van der Waals surface area contributed by atoms with Gasteiger partial charge in [0.25, 0.3) is 5.91 Å². The molecule has 1 aliphatic carbocycles. The van der Waals surface area contributed by atoms with Gasteiger partial charge in [0.15, 0.2) is 0 Å². The molecule has 1 saturated carbocycles. The van der Waals surface area contributed by atoms with Crippen LogP contribution in [0.3, 0.4) is 0 Å². The van der Waals surface area contributed by atoms with E-state index in [1.165, 1.54) is 0 Å². The Kier molecular flexibility index (Phi) is 5.40. The fraction of sp³-hybridized carbons (Fsp3) is 0.292. The molecule has 2 N–H and O–H groups in total. The van der Waals surface area contributed by atoms with E-state index in [1.807, 2.05) is 29.6 Å². The first-order valence-electron chi connectivity index (χ1n) is 10.6. The normalized spacial score (nSPS) is 14.5. The van der Waals surface area contributed by atoms with Gasteiger partial charge in [-0.1, -0.05) is 6.07 Å². The highest BCUT2D eigenvalue weighted by Gasteiger charge is 2.26. The van der Waals surface area contributed by atoms with E-state index in [9.17, 15) is 9.90 Å². The molecule has 4 aromatic rings. The van der Waals surface area contributed by atoms with E-state index in [2.05, 4.69) is 21.2 Å². The van der Waals surface area contributed by atoms with Crippen molar-refractivity contribution in [1.29, 1.82) is 0 Å². The SMILES string of the molecule is CC(O)c1ncc(CN(C)C(=O)c2ccc(-c3cccs3)c(OC3CC3)c2)c2[nH]ncc12. The maximum absolute atomic E-state index is 13.2. The highest BCUT2D eigenvalue weighted by atomic mass is 32.1. The van der Waals surface area contributed by atoms with Crippen LogP contribution < -0.4 is 4.74 Å². The van der Waals surface area contributed by atoms with E-state index in [-0.39, 0.29) is 12.0 Å². The Morgan fingerprint density at radius 2 is 2.19 bits per heavy atom. The molecule has 1 fully saturated rings. The molecule has 0 radical (unpaired) electrons. The van der Waals surface area contributed by atoms with Crippen LogP contribution in [-0.4, -0.2) is 44.2 Å². The van der Waals surface area contributed by atoms with Gasteiger partial charge >= 0.3 is 0 Å². The summed E-state index contributed by atoms with van der Waals surface area (Å²) in [4.78, 5) is 20.4. The second kappa shape index (κ2) is 8.37. The Morgan fingerprint density at radius 1 is 1.34 bits per heavy atom. The summed E-state index contributed by atoms with van der Waals surface area (Å²) in [5.41, 5.74) is 3.78. The zero-order valence-corrected chi connectivity index (χ0v) is 18.7.